The Morgan fingerprint density at radius 3 is 2.33 bits per heavy atom. The smallest absolute Gasteiger partial charge is 0.409 e. The van der Waals surface area contributed by atoms with E-state index < -0.39 is 6.09 Å². The minimum Gasteiger partial charge on any atom is -0.491 e. The standard InChI is InChI=1S/C17H27NO3/c1-2-3-4-5-6-7-8-11-14-21-16-13-10-9-12-15(16)18-17(19)20/h9-10,12-13,18H,2-8,11,14H2,1H3,(H,19,20). The summed E-state index contributed by atoms with van der Waals surface area (Å²) in [5.74, 6) is 0.600. The summed E-state index contributed by atoms with van der Waals surface area (Å²) in [6.45, 7) is 2.86. The van der Waals surface area contributed by atoms with Gasteiger partial charge in [-0.15, -0.1) is 0 Å². The van der Waals surface area contributed by atoms with Crippen molar-refractivity contribution < 1.29 is 14.6 Å². The van der Waals surface area contributed by atoms with Gasteiger partial charge in [0.1, 0.15) is 5.75 Å². The largest absolute Gasteiger partial charge is 0.491 e. The number of rotatable bonds is 11. The van der Waals surface area contributed by atoms with Crippen LogP contribution in [-0.2, 0) is 0 Å². The van der Waals surface area contributed by atoms with Crippen LogP contribution in [0.3, 0.4) is 0 Å². The molecule has 4 nitrogen and oxygen atoms in total. The Morgan fingerprint density at radius 2 is 1.67 bits per heavy atom. The van der Waals surface area contributed by atoms with Crippen LogP contribution in [-0.4, -0.2) is 17.8 Å². The number of hydrogen-bond acceptors (Lipinski definition) is 2. The SMILES string of the molecule is CCCCCCCCCCOc1ccccc1NC(=O)O. The van der Waals surface area contributed by atoms with Crippen molar-refractivity contribution in [3.63, 3.8) is 0 Å². The molecule has 1 aromatic carbocycles. The van der Waals surface area contributed by atoms with E-state index >= 15 is 0 Å². The molecule has 2 N–H and O–H groups in total. The van der Waals surface area contributed by atoms with Crippen molar-refractivity contribution in [1.29, 1.82) is 0 Å². The van der Waals surface area contributed by atoms with Gasteiger partial charge < -0.3 is 9.84 Å². The number of nitrogens with one attached hydrogen (secondary N) is 1. The van der Waals surface area contributed by atoms with Gasteiger partial charge in [0.05, 0.1) is 12.3 Å². The number of amides is 1. The molecular weight excluding hydrogens is 266 g/mol. The van der Waals surface area contributed by atoms with Crippen LogP contribution in [0.4, 0.5) is 10.5 Å². The van der Waals surface area contributed by atoms with E-state index in [1.165, 1.54) is 44.9 Å². The topological polar surface area (TPSA) is 58.6 Å². The predicted octanol–water partition coefficient (Wildman–Crippen LogP) is 5.30. The first-order valence-electron chi connectivity index (χ1n) is 7.95. The highest BCUT2D eigenvalue weighted by atomic mass is 16.5. The van der Waals surface area contributed by atoms with Crippen LogP contribution in [0.15, 0.2) is 24.3 Å². The summed E-state index contributed by atoms with van der Waals surface area (Å²) in [5.41, 5.74) is 0.504. The van der Waals surface area contributed by atoms with Gasteiger partial charge in [0.15, 0.2) is 0 Å². The minimum atomic E-state index is -1.07. The first-order chi connectivity index (χ1) is 10.2. The highest BCUT2D eigenvalue weighted by Gasteiger charge is 2.05. The summed E-state index contributed by atoms with van der Waals surface area (Å²) >= 11 is 0. The second-order valence-corrected chi connectivity index (χ2v) is 5.25. The van der Waals surface area contributed by atoms with Crippen molar-refractivity contribution in [2.45, 2.75) is 58.3 Å². The monoisotopic (exact) mass is 293 g/mol. The first-order valence-corrected chi connectivity index (χ1v) is 7.95. The van der Waals surface area contributed by atoms with E-state index in [1.807, 2.05) is 6.07 Å². The van der Waals surface area contributed by atoms with Gasteiger partial charge in [-0.25, -0.2) is 4.79 Å². The number of anilines is 1. The van der Waals surface area contributed by atoms with E-state index in [-0.39, 0.29) is 0 Å². The Kier molecular flexibility index (Phi) is 9.09. The molecule has 1 amide bonds. The lowest BCUT2D eigenvalue weighted by molar-refractivity contribution is 0.209. The van der Waals surface area contributed by atoms with Crippen LogP contribution in [0.1, 0.15) is 58.3 Å². The van der Waals surface area contributed by atoms with Crippen LogP contribution in [0.25, 0.3) is 0 Å². The maximum atomic E-state index is 10.7. The highest BCUT2D eigenvalue weighted by Crippen LogP contribution is 2.23. The van der Waals surface area contributed by atoms with Crippen molar-refractivity contribution >= 4 is 11.8 Å². The maximum absolute atomic E-state index is 10.7. The molecule has 0 atom stereocenters. The fourth-order valence-electron chi connectivity index (χ4n) is 2.23. The van der Waals surface area contributed by atoms with E-state index in [1.54, 1.807) is 18.2 Å². The highest BCUT2D eigenvalue weighted by molar-refractivity contribution is 5.85. The molecule has 0 saturated carbocycles. The lowest BCUT2D eigenvalue weighted by Gasteiger charge is -2.10. The van der Waals surface area contributed by atoms with Crippen molar-refractivity contribution in [3.8, 4) is 5.75 Å². The molecule has 1 aromatic rings. The van der Waals surface area contributed by atoms with E-state index in [4.69, 9.17) is 9.84 Å². The Morgan fingerprint density at radius 1 is 1.05 bits per heavy atom. The molecule has 0 aliphatic carbocycles. The quantitative estimate of drug-likeness (QED) is 0.544. The molecule has 0 bridgehead atoms. The zero-order valence-electron chi connectivity index (χ0n) is 12.9. The molecule has 0 spiro atoms. The third-order valence-electron chi connectivity index (χ3n) is 3.38. The Balaban J connectivity index is 2.14. The van der Waals surface area contributed by atoms with Crippen molar-refractivity contribution in [2.24, 2.45) is 0 Å². The van der Waals surface area contributed by atoms with Crippen LogP contribution in [0.2, 0.25) is 0 Å². The van der Waals surface area contributed by atoms with Gasteiger partial charge in [-0.1, -0.05) is 64.0 Å². The summed E-state index contributed by atoms with van der Waals surface area (Å²) in [6.07, 6.45) is 8.97. The second-order valence-electron chi connectivity index (χ2n) is 5.25. The van der Waals surface area contributed by atoms with Crippen molar-refractivity contribution in [2.75, 3.05) is 11.9 Å². The molecule has 0 radical (unpaired) electrons. The van der Waals surface area contributed by atoms with E-state index in [0.717, 1.165) is 6.42 Å². The molecule has 21 heavy (non-hydrogen) atoms. The van der Waals surface area contributed by atoms with Gasteiger partial charge >= 0.3 is 6.09 Å². The van der Waals surface area contributed by atoms with Gasteiger partial charge in [-0.05, 0) is 18.6 Å². The van der Waals surface area contributed by atoms with Crippen molar-refractivity contribution in [3.05, 3.63) is 24.3 Å². The fourth-order valence-corrected chi connectivity index (χ4v) is 2.23. The van der Waals surface area contributed by atoms with Crippen LogP contribution < -0.4 is 10.1 Å². The van der Waals surface area contributed by atoms with E-state index in [9.17, 15) is 4.79 Å². The molecule has 0 aliphatic heterocycles. The summed E-state index contributed by atoms with van der Waals surface area (Å²) in [4.78, 5) is 10.7. The molecule has 0 fully saturated rings. The fraction of sp³-hybridized carbons (Fsp3) is 0.588. The lowest BCUT2D eigenvalue weighted by atomic mass is 10.1. The number of unbranched alkanes of at least 4 members (excludes halogenated alkanes) is 7. The van der Waals surface area contributed by atoms with Crippen molar-refractivity contribution in [1.82, 2.24) is 0 Å². The van der Waals surface area contributed by atoms with Crippen LogP contribution in [0, 0.1) is 0 Å². The predicted molar refractivity (Wildman–Crippen MR) is 86.2 cm³/mol. The van der Waals surface area contributed by atoms with Gasteiger partial charge in [-0.3, -0.25) is 5.32 Å². The second kappa shape index (κ2) is 11.0. The van der Waals surface area contributed by atoms with E-state index in [0.29, 0.717) is 18.0 Å². The average molecular weight is 293 g/mol. The third-order valence-corrected chi connectivity index (χ3v) is 3.38. The third kappa shape index (κ3) is 8.23. The van der Waals surface area contributed by atoms with Gasteiger partial charge in [0.2, 0.25) is 0 Å². The van der Waals surface area contributed by atoms with Gasteiger partial charge in [0.25, 0.3) is 0 Å². The number of para-hydroxylation sites is 2. The summed E-state index contributed by atoms with van der Waals surface area (Å²) in [5, 5.41) is 11.1. The molecule has 0 aliphatic rings. The molecule has 0 saturated heterocycles. The average Bonchev–Trinajstić information content (AvgIpc) is 2.46. The van der Waals surface area contributed by atoms with E-state index in [2.05, 4.69) is 12.2 Å². The molecule has 118 valence electrons. The Labute approximate surface area is 127 Å². The molecular formula is C17H27NO3. The Hall–Kier alpha value is -1.71. The molecule has 1 rings (SSSR count). The number of carboxylic acid groups (broad SMARTS) is 1. The van der Waals surface area contributed by atoms with Crippen LogP contribution >= 0.6 is 0 Å². The van der Waals surface area contributed by atoms with Gasteiger partial charge in [0, 0.05) is 0 Å². The van der Waals surface area contributed by atoms with Crippen LogP contribution in [0.5, 0.6) is 5.75 Å². The summed E-state index contributed by atoms with van der Waals surface area (Å²) in [6, 6.07) is 7.12. The maximum Gasteiger partial charge on any atom is 0.409 e. The molecule has 4 heteroatoms. The number of hydrogen-bond donors (Lipinski definition) is 2. The number of benzene rings is 1. The zero-order valence-corrected chi connectivity index (χ0v) is 12.9. The minimum absolute atomic E-state index is 0.504. The first kappa shape index (κ1) is 17.3. The summed E-state index contributed by atoms with van der Waals surface area (Å²) in [7, 11) is 0. The normalized spacial score (nSPS) is 10.3. The van der Waals surface area contributed by atoms with Gasteiger partial charge in [-0.2, -0.15) is 0 Å². The summed E-state index contributed by atoms with van der Waals surface area (Å²) < 4.78 is 5.66. The number of carbonyl (C=O) groups is 1. The Bertz CT molecular complexity index is 407. The molecule has 0 heterocycles. The zero-order chi connectivity index (χ0) is 15.3. The molecule has 0 unspecified atom stereocenters. The molecule has 0 aromatic heterocycles. The number of ether oxygens (including phenoxy) is 1. The lowest BCUT2D eigenvalue weighted by Crippen LogP contribution is -2.09.